The molecule has 1 aromatic carbocycles. The van der Waals surface area contributed by atoms with Gasteiger partial charge in [0, 0.05) is 6.42 Å². The van der Waals surface area contributed by atoms with Gasteiger partial charge in [-0.1, -0.05) is 45.0 Å². The van der Waals surface area contributed by atoms with Gasteiger partial charge in [-0.2, -0.15) is 5.26 Å². The predicted octanol–water partition coefficient (Wildman–Crippen LogP) is 3.40. The van der Waals surface area contributed by atoms with Crippen molar-refractivity contribution in [1.29, 1.82) is 5.26 Å². The minimum Gasteiger partial charge on any atom is -0.337 e. The average molecular weight is 315 g/mol. The lowest BCUT2D eigenvalue weighted by molar-refractivity contribution is -0.121. The van der Waals surface area contributed by atoms with Crippen molar-refractivity contribution in [3.05, 3.63) is 35.4 Å². The fraction of sp³-hybridized carbons (Fsp3) is 0.579. The Morgan fingerprint density at radius 3 is 2.30 bits per heavy atom. The summed E-state index contributed by atoms with van der Waals surface area (Å²) >= 11 is 0. The van der Waals surface area contributed by atoms with E-state index in [1.54, 1.807) is 0 Å². The van der Waals surface area contributed by atoms with Crippen LogP contribution in [0.15, 0.2) is 24.3 Å². The Kier molecular flexibility index (Phi) is 7.25. The topological polar surface area (TPSA) is 56.1 Å². The van der Waals surface area contributed by atoms with Gasteiger partial charge < -0.3 is 10.2 Å². The second kappa shape index (κ2) is 8.69. The van der Waals surface area contributed by atoms with Gasteiger partial charge in [0.25, 0.3) is 0 Å². The molecule has 1 N–H and O–H groups in total. The molecule has 0 heterocycles. The zero-order chi connectivity index (χ0) is 17.5. The number of rotatable bonds is 7. The Morgan fingerprint density at radius 2 is 1.83 bits per heavy atom. The van der Waals surface area contributed by atoms with Crippen molar-refractivity contribution in [2.24, 2.45) is 0 Å². The maximum atomic E-state index is 12.0. The number of carbonyl (C=O) groups is 1. The van der Waals surface area contributed by atoms with E-state index in [0.29, 0.717) is 6.42 Å². The second-order valence-corrected chi connectivity index (χ2v) is 7.26. The Labute approximate surface area is 140 Å². The molecule has 0 aliphatic rings. The molecule has 0 radical (unpaired) electrons. The van der Waals surface area contributed by atoms with E-state index in [1.807, 2.05) is 38.4 Å². The fourth-order valence-electron chi connectivity index (χ4n) is 2.31. The van der Waals surface area contributed by atoms with Gasteiger partial charge in [0.2, 0.25) is 5.91 Å². The Morgan fingerprint density at radius 1 is 1.22 bits per heavy atom. The molecule has 1 unspecified atom stereocenters. The zero-order valence-electron chi connectivity index (χ0n) is 15.0. The van der Waals surface area contributed by atoms with E-state index in [2.05, 4.69) is 37.1 Å². The van der Waals surface area contributed by atoms with Gasteiger partial charge in [0.15, 0.2) is 0 Å². The highest BCUT2D eigenvalue weighted by atomic mass is 16.1. The van der Waals surface area contributed by atoms with Crippen LogP contribution in [0.25, 0.3) is 0 Å². The van der Waals surface area contributed by atoms with E-state index in [1.165, 1.54) is 5.56 Å². The van der Waals surface area contributed by atoms with E-state index in [-0.39, 0.29) is 11.3 Å². The van der Waals surface area contributed by atoms with E-state index in [0.717, 1.165) is 24.9 Å². The fourth-order valence-corrected chi connectivity index (χ4v) is 2.31. The van der Waals surface area contributed by atoms with E-state index < -0.39 is 6.04 Å². The summed E-state index contributed by atoms with van der Waals surface area (Å²) < 4.78 is 0. The van der Waals surface area contributed by atoms with Gasteiger partial charge in [-0.3, -0.25) is 4.79 Å². The predicted molar refractivity (Wildman–Crippen MR) is 94.0 cm³/mol. The number of nitriles is 1. The Bertz CT molecular complexity index is 535. The largest absolute Gasteiger partial charge is 0.337 e. The molecule has 23 heavy (non-hydrogen) atoms. The standard InChI is InChI=1S/C19H29N3O/c1-19(2,3)16-11-9-15(10-12-16)17(14-20)21-18(23)8-6-7-13-22(4)5/h9-12,17H,6-8,13H2,1-5H3,(H,21,23). The van der Waals surface area contributed by atoms with Crippen LogP contribution in [0.3, 0.4) is 0 Å². The van der Waals surface area contributed by atoms with Gasteiger partial charge in [0.05, 0.1) is 6.07 Å². The SMILES string of the molecule is CN(C)CCCCC(=O)NC(C#N)c1ccc(C(C)(C)C)cc1. The highest BCUT2D eigenvalue weighted by Gasteiger charge is 2.16. The third-order valence-corrected chi connectivity index (χ3v) is 3.80. The van der Waals surface area contributed by atoms with Crippen LogP contribution in [-0.2, 0) is 10.2 Å². The molecule has 1 atom stereocenters. The smallest absolute Gasteiger partial charge is 0.221 e. The average Bonchev–Trinajstić information content (AvgIpc) is 2.48. The minimum absolute atomic E-state index is 0.0600. The molecule has 0 saturated carbocycles. The number of benzene rings is 1. The van der Waals surface area contributed by atoms with E-state index in [4.69, 9.17) is 0 Å². The second-order valence-electron chi connectivity index (χ2n) is 7.26. The lowest BCUT2D eigenvalue weighted by Gasteiger charge is -2.20. The molecule has 1 rings (SSSR count). The monoisotopic (exact) mass is 315 g/mol. The first-order chi connectivity index (χ1) is 10.7. The summed E-state index contributed by atoms with van der Waals surface area (Å²) in [5.41, 5.74) is 2.13. The molecular formula is C19H29N3O. The number of hydrogen-bond donors (Lipinski definition) is 1. The first-order valence-corrected chi connectivity index (χ1v) is 8.18. The quantitative estimate of drug-likeness (QED) is 0.785. The van der Waals surface area contributed by atoms with Crippen molar-refractivity contribution in [1.82, 2.24) is 10.2 Å². The zero-order valence-corrected chi connectivity index (χ0v) is 15.0. The van der Waals surface area contributed by atoms with Crippen molar-refractivity contribution in [2.75, 3.05) is 20.6 Å². The Hall–Kier alpha value is -1.86. The normalized spacial score (nSPS) is 12.7. The molecule has 4 nitrogen and oxygen atoms in total. The number of carbonyl (C=O) groups excluding carboxylic acids is 1. The highest BCUT2D eigenvalue weighted by molar-refractivity contribution is 5.76. The third-order valence-electron chi connectivity index (χ3n) is 3.80. The van der Waals surface area contributed by atoms with E-state index >= 15 is 0 Å². The number of hydrogen-bond acceptors (Lipinski definition) is 3. The van der Waals surface area contributed by atoms with Gasteiger partial charge >= 0.3 is 0 Å². The summed E-state index contributed by atoms with van der Waals surface area (Å²) in [5.74, 6) is -0.0600. The van der Waals surface area contributed by atoms with Gasteiger partial charge in [-0.25, -0.2) is 0 Å². The number of unbranched alkanes of at least 4 members (excludes halogenated alkanes) is 1. The maximum absolute atomic E-state index is 12.0. The summed E-state index contributed by atoms with van der Waals surface area (Å²) in [6.07, 6.45) is 2.29. The van der Waals surface area contributed by atoms with Crippen molar-refractivity contribution >= 4 is 5.91 Å². The molecule has 0 aromatic heterocycles. The van der Waals surface area contributed by atoms with Crippen LogP contribution in [0.2, 0.25) is 0 Å². The lowest BCUT2D eigenvalue weighted by Crippen LogP contribution is -2.27. The van der Waals surface area contributed by atoms with Crippen molar-refractivity contribution < 1.29 is 4.79 Å². The lowest BCUT2D eigenvalue weighted by atomic mass is 9.86. The van der Waals surface area contributed by atoms with Crippen molar-refractivity contribution in [2.45, 2.75) is 51.5 Å². The van der Waals surface area contributed by atoms with Gasteiger partial charge in [-0.15, -0.1) is 0 Å². The molecule has 126 valence electrons. The molecular weight excluding hydrogens is 286 g/mol. The first kappa shape index (κ1) is 19.2. The molecule has 0 aliphatic carbocycles. The molecule has 4 heteroatoms. The van der Waals surface area contributed by atoms with Crippen molar-refractivity contribution in [3.8, 4) is 6.07 Å². The molecule has 1 amide bonds. The minimum atomic E-state index is -0.578. The molecule has 0 saturated heterocycles. The van der Waals surface area contributed by atoms with E-state index in [9.17, 15) is 10.1 Å². The summed E-state index contributed by atoms with van der Waals surface area (Å²) in [4.78, 5) is 14.1. The molecule has 1 aromatic rings. The van der Waals surface area contributed by atoms with Crippen LogP contribution >= 0.6 is 0 Å². The van der Waals surface area contributed by atoms with Gasteiger partial charge in [0.1, 0.15) is 6.04 Å². The van der Waals surface area contributed by atoms with Crippen LogP contribution < -0.4 is 5.32 Å². The summed E-state index contributed by atoms with van der Waals surface area (Å²) in [6.45, 7) is 7.43. The van der Waals surface area contributed by atoms with Crippen LogP contribution in [0.5, 0.6) is 0 Å². The number of nitrogens with zero attached hydrogens (tertiary/aromatic N) is 2. The third kappa shape index (κ3) is 6.83. The summed E-state index contributed by atoms with van der Waals surface area (Å²) in [7, 11) is 4.04. The maximum Gasteiger partial charge on any atom is 0.221 e. The summed E-state index contributed by atoms with van der Waals surface area (Å²) in [5, 5.41) is 12.1. The van der Waals surface area contributed by atoms with Crippen molar-refractivity contribution in [3.63, 3.8) is 0 Å². The van der Waals surface area contributed by atoms with Gasteiger partial charge in [-0.05, 0) is 50.0 Å². The summed E-state index contributed by atoms with van der Waals surface area (Å²) in [6, 6.07) is 9.52. The van der Waals surface area contributed by atoms with Crippen LogP contribution in [0.1, 0.15) is 57.2 Å². The van der Waals surface area contributed by atoms with Crippen LogP contribution in [0.4, 0.5) is 0 Å². The number of nitrogens with one attached hydrogen (secondary N) is 1. The molecule has 0 spiro atoms. The number of amides is 1. The molecule has 0 bridgehead atoms. The molecule has 0 fully saturated rings. The Balaban J connectivity index is 2.57. The first-order valence-electron chi connectivity index (χ1n) is 8.18. The molecule has 0 aliphatic heterocycles. The van der Waals surface area contributed by atoms with Crippen LogP contribution in [0, 0.1) is 11.3 Å². The van der Waals surface area contributed by atoms with Crippen LogP contribution in [-0.4, -0.2) is 31.4 Å². The highest BCUT2D eigenvalue weighted by Crippen LogP contribution is 2.23.